The third-order valence-corrected chi connectivity index (χ3v) is 4.16. The lowest BCUT2D eigenvalue weighted by molar-refractivity contribution is 0.193. The standard InChI is InChI=1S/C16H13Cl2N3O2/c1-21-14(8-19-16(22)23)12-4-2-3-11(15(12)20-21)10-6-5-9(17)7-13(10)18/h2-7,19H,8H2,1H3,(H,22,23). The van der Waals surface area contributed by atoms with E-state index in [1.165, 1.54) is 0 Å². The third-order valence-electron chi connectivity index (χ3n) is 3.62. The second-order valence-corrected chi connectivity index (χ2v) is 5.90. The molecule has 0 aliphatic carbocycles. The molecule has 3 rings (SSSR count). The van der Waals surface area contributed by atoms with Gasteiger partial charge in [-0.05, 0) is 12.1 Å². The molecule has 0 saturated heterocycles. The number of carboxylic acid groups (broad SMARTS) is 1. The number of halogens is 2. The van der Waals surface area contributed by atoms with Gasteiger partial charge < -0.3 is 10.4 Å². The normalized spacial score (nSPS) is 10.9. The highest BCUT2D eigenvalue weighted by atomic mass is 35.5. The molecule has 0 fully saturated rings. The first-order valence-electron chi connectivity index (χ1n) is 6.84. The Morgan fingerprint density at radius 3 is 2.74 bits per heavy atom. The first kappa shape index (κ1) is 15.6. The molecule has 3 aromatic rings. The van der Waals surface area contributed by atoms with E-state index < -0.39 is 6.09 Å². The van der Waals surface area contributed by atoms with Crippen LogP contribution in [0, 0.1) is 0 Å². The van der Waals surface area contributed by atoms with Crippen LogP contribution in [0.1, 0.15) is 5.69 Å². The number of hydrogen-bond acceptors (Lipinski definition) is 2. The summed E-state index contributed by atoms with van der Waals surface area (Å²) in [6.45, 7) is 0.181. The monoisotopic (exact) mass is 349 g/mol. The average Bonchev–Trinajstić information content (AvgIpc) is 2.81. The molecule has 2 aromatic carbocycles. The van der Waals surface area contributed by atoms with E-state index in [9.17, 15) is 4.79 Å². The second-order valence-electron chi connectivity index (χ2n) is 5.05. The number of amides is 1. The molecule has 5 nitrogen and oxygen atoms in total. The number of aryl methyl sites for hydroxylation is 1. The van der Waals surface area contributed by atoms with Gasteiger partial charge in [0.1, 0.15) is 5.52 Å². The van der Waals surface area contributed by atoms with Gasteiger partial charge in [-0.15, -0.1) is 0 Å². The number of hydrogen-bond donors (Lipinski definition) is 2. The molecule has 2 N–H and O–H groups in total. The van der Waals surface area contributed by atoms with Gasteiger partial charge in [-0.3, -0.25) is 4.68 Å². The first-order valence-corrected chi connectivity index (χ1v) is 7.60. The highest BCUT2D eigenvalue weighted by Gasteiger charge is 2.15. The molecule has 0 atom stereocenters. The zero-order chi connectivity index (χ0) is 16.6. The fourth-order valence-corrected chi connectivity index (χ4v) is 3.07. The lowest BCUT2D eigenvalue weighted by Gasteiger charge is -2.06. The molecule has 0 unspecified atom stereocenters. The Labute approximate surface area is 142 Å². The molecular formula is C16H13Cl2N3O2. The summed E-state index contributed by atoms with van der Waals surface area (Å²) in [4.78, 5) is 10.7. The van der Waals surface area contributed by atoms with Crippen molar-refractivity contribution in [2.75, 3.05) is 0 Å². The maximum absolute atomic E-state index is 10.7. The van der Waals surface area contributed by atoms with Crippen LogP contribution in [-0.4, -0.2) is 21.0 Å². The van der Waals surface area contributed by atoms with E-state index in [1.807, 2.05) is 24.3 Å². The van der Waals surface area contributed by atoms with Crippen molar-refractivity contribution in [3.05, 3.63) is 52.1 Å². The number of aromatic nitrogens is 2. The van der Waals surface area contributed by atoms with Gasteiger partial charge in [0, 0.05) is 33.6 Å². The smallest absolute Gasteiger partial charge is 0.404 e. The van der Waals surface area contributed by atoms with Gasteiger partial charge in [-0.1, -0.05) is 47.5 Å². The molecule has 0 bridgehead atoms. The number of carbonyl (C=O) groups is 1. The Kier molecular flexibility index (Phi) is 4.15. The maximum Gasteiger partial charge on any atom is 0.404 e. The Morgan fingerprint density at radius 2 is 2.04 bits per heavy atom. The summed E-state index contributed by atoms with van der Waals surface area (Å²) in [5.74, 6) is 0. The summed E-state index contributed by atoms with van der Waals surface area (Å²) in [5, 5.41) is 17.7. The number of rotatable bonds is 3. The third kappa shape index (κ3) is 2.98. The zero-order valence-electron chi connectivity index (χ0n) is 12.2. The Morgan fingerprint density at radius 1 is 1.26 bits per heavy atom. The molecule has 1 heterocycles. The van der Waals surface area contributed by atoms with Crippen LogP contribution >= 0.6 is 23.2 Å². The van der Waals surface area contributed by atoms with Crippen molar-refractivity contribution >= 4 is 40.2 Å². The fourth-order valence-electron chi connectivity index (χ4n) is 2.56. The summed E-state index contributed by atoms with van der Waals surface area (Å²) < 4.78 is 1.67. The molecule has 1 aromatic heterocycles. The number of benzene rings is 2. The van der Waals surface area contributed by atoms with Gasteiger partial charge in [0.25, 0.3) is 0 Å². The minimum atomic E-state index is -1.07. The molecule has 0 spiro atoms. The lowest BCUT2D eigenvalue weighted by atomic mass is 10.0. The molecule has 118 valence electrons. The summed E-state index contributed by atoms with van der Waals surface area (Å²) in [5.41, 5.74) is 3.26. The van der Waals surface area contributed by atoms with Crippen molar-refractivity contribution in [3.8, 4) is 11.1 Å². The van der Waals surface area contributed by atoms with E-state index in [2.05, 4.69) is 10.4 Å². The van der Waals surface area contributed by atoms with Crippen molar-refractivity contribution in [1.29, 1.82) is 0 Å². The lowest BCUT2D eigenvalue weighted by Crippen LogP contribution is -2.21. The predicted molar refractivity (Wildman–Crippen MR) is 91.0 cm³/mol. The van der Waals surface area contributed by atoms with Crippen molar-refractivity contribution in [3.63, 3.8) is 0 Å². The van der Waals surface area contributed by atoms with Gasteiger partial charge in [0.2, 0.25) is 0 Å². The fraction of sp³-hybridized carbons (Fsp3) is 0.125. The molecule has 0 aliphatic heterocycles. The van der Waals surface area contributed by atoms with Crippen LogP contribution in [0.2, 0.25) is 10.0 Å². The van der Waals surface area contributed by atoms with E-state index in [0.717, 1.165) is 27.7 Å². The van der Waals surface area contributed by atoms with Crippen molar-refractivity contribution < 1.29 is 9.90 Å². The highest BCUT2D eigenvalue weighted by molar-refractivity contribution is 6.36. The minimum Gasteiger partial charge on any atom is -0.465 e. The summed E-state index contributed by atoms with van der Waals surface area (Å²) in [6.07, 6.45) is -1.07. The van der Waals surface area contributed by atoms with Gasteiger partial charge in [-0.25, -0.2) is 4.79 Å². The zero-order valence-corrected chi connectivity index (χ0v) is 13.7. The van der Waals surface area contributed by atoms with Gasteiger partial charge >= 0.3 is 6.09 Å². The van der Waals surface area contributed by atoms with Crippen molar-refractivity contribution in [2.24, 2.45) is 7.05 Å². The van der Waals surface area contributed by atoms with Crippen LogP contribution in [-0.2, 0) is 13.6 Å². The van der Waals surface area contributed by atoms with Gasteiger partial charge in [-0.2, -0.15) is 5.10 Å². The highest BCUT2D eigenvalue weighted by Crippen LogP contribution is 2.35. The second kappa shape index (κ2) is 6.10. The molecule has 23 heavy (non-hydrogen) atoms. The Balaban J connectivity index is 2.16. The van der Waals surface area contributed by atoms with E-state index in [1.54, 1.807) is 23.9 Å². The summed E-state index contributed by atoms with van der Waals surface area (Å²) in [7, 11) is 1.78. The van der Waals surface area contributed by atoms with E-state index in [0.29, 0.717) is 10.0 Å². The quantitative estimate of drug-likeness (QED) is 0.739. The molecule has 0 aliphatic rings. The van der Waals surface area contributed by atoms with Crippen molar-refractivity contribution in [1.82, 2.24) is 15.1 Å². The Hall–Kier alpha value is -2.24. The number of nitrogens with one attached hydrogen (secondary N) is 1. The largest absolute Gasteiger partial charge is 0.465 e. The molecule has 0 radical (unpaired) electrons. The van der Waals surface area contributed by atoms with Crippen LogP contribution in [0.3, 0.4) is 0 Å². The van der Waals surface area contributed by atoms with Crippen molar-refractivity contribution in [2.45, 2.75) is 6.54 Å². The predicted octanol–water partition coefficient (Wildman–Crippen LogP) is 4.31. The van der Waals surface area contributed by atoms with E-state index in [-0.39, 0.29) is 6.54 Å². The van der Waals surface area contributed by atoms with Crippen LogP contribution in [0.5, 0.6) is 0 Å². The summed E-state index contributed by atoms with van der Waals surface area (Å²) in [6, 6.07) is 11.1. The van der Waals surface area contributed by atoms with Crippen LogP contribution < -0.4 is 5.32 Å². The van der Waals surface area contributed by atoms with Gasteiger partial charge in [0.05, 0.1) is 12.2 Å². The van der Waals surface area contributed by atoms with E-state index in [4.69, 9.17) is 28.3 Å². The maximum atomic E-state index is 10.7. The van der Waals surface area contributed by atoms with Crippen LogP contribution in [0.25, 0.3) is 22.0 Å². The molecule has 1 amide bonds. The SMILES string of the molecule is Cn1nc2c(-c3ccc(Cl)cc3Cl)cccc2c1CNC(=O)O. The topological polar surface area (TPSA) is 67.2 Å². The number of nitrogens with zero attached hydrogens (tertiary/aromatic N) is 2. The summed E-state index contributed by atoms with van der Waals surface area (Å²) >= 11 is 12.3. The van der Waals surface area contributed by atoms with Gasteiger partial charge in [0.15, 0.2) is 0 Å². The van der Waals surface area contributed by atoms with E-state index >= 15 is 0 Å². The van der Waals surface area contributed by atoms with Crippen LogP contribution in [0.4, 0.5) is 4.79 Å². The molecular weight excluding hydrogens is 337 g/mol. The minimum absolute atomic E-state index is 0.181. The molecule has 0 saturated carbocycles. The number of fused-ring (bicyclic) bond motifs is 1. The molecule has 7 heteroatoms. The van der Waals surface area contributed by atoms with Crippen LogP contribution in [0.15, 0.2) is 36.4 Å². The Bertz CT molecular complexity index is 906. The average molecular weight is 350 g/mol. The first-order chi connectivity index (χ1) is 11.0.